The molecule has 0 saturated heterocycles. The molecule has 1 N–H and O–H groups in total. The van der Waals surface area contributed by atoms with Crippen LogP contribution in [0.5, 0.6) is 0 Å². The van der Waals surface area contributed by atoms with Crippen molar-refractivity contribution in [1.29, 1.82) is 0 Å². The molecule has 0 aliphatic heterocycles. The molecule has 2 aromatic heterocycles. The fraction of sp³-hybridized carbons (Fsp3) is 0.130. The Hall–Kier alpha value is -2.98. The number of hydrogen-bond acceptors (Lipinski definition) is 3. The Morgan fingerprint density at radius 2 is 1.75 bits per heavy atom. The largest absolute Gasteiger partial charge is 0.377 e. The summed E-state index contributed by atoms with van der Waals surface area (Å²) in [6.45, 7) is 3.86. The fourth-order valence-electron chi connectivity index (χ4n) is 3.25. The molecule has 2 aromatic carbocycles. The predicted octanol–water partition coefficient (Wildman–Crippen LogP) is 6.57. The quantitative estimate of drug-likeness (QED) is 0.427. The van der Waals surface area contributed by atoms with E-state index < -0.39 is 0 Å². The molecule has 3 nitrogen and oxygen atoms in total. The summed E-state index contributed by atoms with van der Waals surface area (Å²) in [6, 6.07) is 16.5. The van der Waals surface area contributed by atoms with Crippen LogP contribution in [0.3, 0.4) is 0 Å². The smallest absolute Gasteiger partial charge is 0.128 e. The highest BCUT2D eigenvalue weighted by molar-refractivity contribution is 6.34. The fourth-order valence-corrected chi connectivity index (χ4v) is 3.46. The van der Waals surface area contributed by atoms with Gasteiger partial charge >= 0.3 is 0 Å². The molecule has 4 aromatic rings. The van der Waals surface area contributed by atoms with E-state index in [4.69, 9.17) is 11.6 Å². The zero-order valence-electron chi connectivity index (χ0n) is 15.6. The number of fused-ring (bicyclic) bond motifs is 1. The zero-order valence-corrected chi connectivity index (χ0v) is 16.3. The van der Waals surface area contributed by atoms with E-state index in [1.165, 1.54) is 6.07 Å². The molecule has 0 bridgehead atoms. The van der Waals surface area contributed by atoms with Crippen LogP contribution in [0.25, 0.3) is 22.0 Å². The van der Waals surface area contributed by atoms with E-state index in [9.17, 15) is 4.39 Å². The van der Waals surface area contributed by atoms with E-state index in [1.54, 1.807) is 18.5 Å². The summed E-state index contributed by atoms with van der Waals surface area (Å²) in [5.41, 5.74) is 4.97. The van der Waals surface area contributed by atoms with Gasteiger partial charge in [0.2, 0.25) is 0 Å². The first-order valence-electron chi connectivity index (χ1n) is 9.05. The monoisotopic (exact) mass is 391 g/mol. The number of nitrogens with zero attached hydrogens (tertiary/aromatic N) is 2. The van der Waals surface area contributed by atoms with E-state index >= 15 is 0 Å². The van der Waals surface area contributed by atoms with E-state index in [1.807, 2.05) is 56.3 Å². The van der Waals surface area contributed by atoms with E-state index in [0.717, 1.165) is 33.4 Å². The van der Waals surface area contributed by atoms with Gasteiger partial charge in [-0.2, -0.15) is 0 Å². The van der Waals surface area contributed by atoms with Gasteiger partial charge < -0.3 is 5.32 Å². The van der Waals surface area contributed by atoms with Gasteiger partial charge in [-0.25, -0.2) is 4.39 Å². The molecule has 0 saturated carbocycles. The first-order chi connectivity index (χ1) is 13.5. The number of hydrogen-bond donors (Lipinski definition) is 1. The van der Waals surface area contributed by atoms with Crippen LogP contribution in [0.4, 0.5) is 10.1 Å². The first-order valence-corrected chi connectivity index (χ1v) is 9.43. The lowest BCUT2D eigenvalue weighted by molar-refractivity contribution is 0.600. The van der Waals surface area contributed by atoms with Crippen molar-refractivity contribution < 1.29 is 4.39 Å². The predicted molar refractivity (Wildman–Crippen MR) is 113 cm³/mol. The highest BCUT2D eigenvalue weighted by atomic mass is 35.5. The molecule has 0 amide bonds. The van der Waals surface area contributed by atoms with Crippen LogP contribution < -0.4 is 5.32 Å². The summed E-state index contributed by atoms with van der Waals surface area (Å²) in [5, 5.41) is 4.78. The van der Waals surface area contributed by atoms with Gasteiger partial charge in [0.05, 0.1) is 22.3 Å². The minimum absolute atomic E-state index is 0.265. The molecule has 28 heavy (non-hydrogen) atoms. The average Bonchev–Trinajstić information content (AvgIpc) is 2.71. The minimum atomic E-state index is -0.290. The van der Waals surface area contributed by atoms with Gasteiger partial charge in [-0.05, 0) is 43.7 Å². The number of rotatable bonds is 4. The van der Waals surface area contributed by atoms with Crippen molar-refractivity contribution in [2.24, 2.45) is 0 Å². The number of pyridine rings is 2. The molecule has 4 rings (SSSR count). The zero-order chi connectivity index (χ0) is 19.7. The van der Waals surface area contributed by atoms with Crippen LogP contribution in [0.2, 0.25) is 5.02 Å². The molecule has 0 fully saturated rings. The van der Waals surface area contributed by atoms with E-state index in [-0.39, 0.29) is 11.9 Å². The second-order valence-electron chi connectivity index (χ2n) is 6.79. The lowest BCUT2D eigenvalue weighted by atomic mass is 10.00. The van der Waals surface area contributed by atoms with Crippen LogP contribution in [0, 0.1) is 12.7 Å². The highest BCUT2D eigenvalue weighted by Gasteiger charge is 2.16. The molecule has 0 aliphatic rings. The minimum Gasteiger partial charge on any atom is -0.377 e. The number of nitrogens with one attached hydrogen (secondary N) is 1. The standard InChI is InChI=1S/C23H19ClFN3/c1-14-7-8-17(12-26-14)16-9-10-21(25)19(11-16)15(2)28-23-18-5-3-4-6-22(18)27-13-20(23)24/h3-13,15H,1-2H3,(H,27,28). The maximum absolute atomic E-state index is 14.6. The van der Waals surface area contributed by atoms with Crippen molar-refractivity contribution in [3.63, 3.8) is 0 Å². The Kier molecular flexibility index (Phi) is 4.97. The van der Waals surface area contributed by atoms with Crippen molar-refractivity contribution in [2.45, 2.75) is 19.9 Å². The normalized spacial score (nSPS) is 12.1. The summed E-state index contributed by atoms with van der Waals surface area (Å²) in [5.74, 6) is -0.265. The van der Waals surface area contributed by atoms with Crippen molar-refractivity contribution in [2.75, 3.05) is 5.32 Å². The molecule has 0 aliphatic carbocycles. The third kappa shape index (κ3) is 3.56. The first kappa shape index (κ1) is 18.4. The SMILES string of the molecule is Cc1ccc(-c2ccc(F)c(C(C)Nc3c(Cl)cnc4ccccc34)c2)cn1. The highest BCUT2D eigenvalue weighted by Crippen LogP contribution is 2.34. The van der Waals surface area contributed by atoms with Gasteiger partial charge in [0, 0.05) is 34.6 Å². The summed E-state index contributed by atoms with van der Waals surface area (Å²) in [7, 11) is 0. The van der Waals surface area contributed by atoms with Gasteiger partial charge in [-0.3, -0.25) is 9.97 Å². The number of para-hydroxylation sites is 1. The Bertz CT molecular complexity index is 1140. The van der Waals surface area contributed by atoms with Crippen LogP contribution in [0.15, 0.2) is 67.0 Å². The molecule has 140 valence electrons. The van der Waals surface area contributed by atoms with E-state index in [0.29, 0.717) is 10.6 Å². The number of halogens is 2. The second-order valence-corrected chi connectivity index (χ2v) is 7.20. The molecule has 0 spiro atoms. The molecule has 2 heterocycles. The lowest BCUT2D eigenvalue weighted by Crippen LogP contribution is -2.10. The number of aromatic nitrogens is 2. The maximum Gasteiger partial charge on any atom is 0.128 e. The summed E-state index contributed by atoms with van der Waals surface area (Å²) >= 11 is 6.39. The van der Waals surface area contributed by atoms with E-state index in [2.05, 4.69) is 15.3 Å². The van der Waals surface area contributed by atoms with Crippen molar-refractivity contribution in [3.05, 3.63) is 89.1 Å². The Balaban J connectivity index is 1.71. The van der Waals surface area contributed by atoms with Crippen molar-refractivity contribution in [3.8, 4) is 11.1 Å². The molecule has 1 atom stereocenters. The molecular weight excluding hydrogens is 373 g/mol. The Morgan fingerprint density at radius 1 is 0.964 bits per heavy atom. The molecule has 5 heteroatoms. The van der Waals surface area contributed by atoms with Gasteiger partial charge in [-0.15, -0.1) is 0 Å². The number of benzene rings is 2. The van der Waals surface area contributed by atoms with Crippen molar-refractivity contribution in [1.82, 2.24) is 9.97 Å². The van der Waals surface area contributed by atoms with Crippen LogP contribution >= 0.6 is 11.6 Å². The third-order valence-corrected chi connectivity index (χ3v) is 5.08. The second kappa shape index (κ2) is 7.56. The topological polar surface area (TPSA) is 37.8 Å². The number of aryl methyl sites for hydroxylation is 1. The molecular formula is C23H19ClFN3. The average molecular weight is 392 g/mol. The third-order valence-electron chi connectivity index (χ3n) is 4.80. The van der Waals surface area contributed by atoms with Crippen molar-refractivity contribution >= 4 is 28.2 Å². The van der Waals surface area contributed by atoms with Gasteiger partial charge in [-0.1, -0.05) is 41.9 Å². The summed E-state index contributed by atoms with van der Waals surface area (Å²) < 4.78 is 14.6. The lowest BCUT2D eigenvalue weighted by Gasteiger charge is -2.19. The summed E-state index contributed by atoms with van der Waals surface area (Å²) in [6.07, 6.45) is 3.42. The molecule has 1 unspecified atom stereocenters. The van der Waals surface area contributed by atoms with Gasteiger partial charge in [0.1, 0.15) is 5.82 Å². The van der Waals surface area contributed by atoms with Crippen LogP contribution in [0.1, 0.15) is 24.2 Å². The van der Waals surface area contributed by atoms with Crippen LogP contribution in [-0.4, -0.2) is 9.97 Å². The summed E-state index contributed by atoms with van der Waals surface area (Å²) in [4.78, 5) is 8.68. The Labute approximate surface area is 168 Å². The molecule has 0 radical (unpaired) electrons. The van der Waals surface area contributed by atoms with Gasteiger partial charge in [0.25, 0.3) is 0 Å². The number of anilines is 1. The maximum atomic E-state index is 14.6. The van der Waals surface area contributed by atoms with Gasteiger partial charge in [0.15, 0.2) is 0 Å². The van der Waals surface area contributed by atoms with Crippen LogP contribution in [-0.2, 0) is 0 Å². The Morgan fingerprint density at radius 3 is 2.54 bits per heavy atom.